The predicted molar refractivity (Wildman–Crippen MR) is 185 cm³/mol. The normalized spacial score (nSPS) is 21.8. The first-order valence-corrected chi connectivity index (χ1v) is 16.8. The van der Waals surface area contributed by atoms with Crippen molar-refractivity contribution >= 4 is 22.5 Å². The maximum Gasteiger partial charge on any atom is 0.146 e. The van der Waals surface area contributed by atoms with Crippen LogP contribution in [0.25, 0.3) is 16.8 Å². The van der Waals surface area contributed by atoms with Gasteiger partial charge in [0.15, 0.2) is 0 Å². The van der Waals surface area contributed by atoms with Gasteiger partial charge in [-0.25, -0.2) is 0 Å². The number of rotatable bonds is 4. The lowest BCUT2D eigenvalue weighted by Crippen LogP contribution is -2.39. The van der Waals surface area contributed by atoms with E-state index in [9.17, 15) is 0 Å². The summed E-state index contributed by atoms with van der Waals surface area (Å²) in [6.45, 7) is 0. The van der Waals surface area contributed by atoms with E-state index in [4.69, 9.17) is 4.74 Å². The number of hydrogen-bond donors (Lipinski definition) is 0. The molecule has 2 heteroatoms. The third-order valence-corrected chi connectivity index (χ3v) is 10.9. The molecule has 0 aromatic heterocycles. The SMILES string of the molecule is CN(C)c1ccc(CC2=Cc3c4c(c5ccccc5c3OC2c2ccccc2)CC2C=CC=C2C42CCCCCCC2)cc1. The molecule has 3 aliphatic carbocycles. The Balaban J connectivity index is 1.37. The van der Waals surface area contributed by atoms with Crippen molar-refractivity contribution in [1.29, 1.82) is 0 Å². The van der Waals surface area contributed by atoms with E-state index in [0.29, 0.717) is 5.92 Å². The summed E-state index contributed by atoms with van der Waals surface area (Å²) >= 11 is 0. The third-order valence-electron chi connectivity index (χ3n) is 10.9. The molecule has 0 saturated heterocycles. The predicted octanol–water partition coefficient (Wildman–Crippen LogP) is 10.3. The average molecular weight is 578 g/mol. The van der Waals surface area contributed by atoms with Gasteiger partial charge in [-0.05, 0) is 77.1 Å². The summed E-state index contributed by atoms with van der Waals surface area (Å²) in [4.78, 5) is 2.17. The molecule has 4 aliphatic rings. The largest absolute Gasteiger partial charge is 0.480 e. The third kappa shape index (κ3) is 4.53. The molecule has 222 valence electrons. The second-order valence-electron chi connectivity index (χ2n) is 13.7. The zero-order chi connectivity index (χ0) is 29.7. The van der Waals surface area contributed by atoms with Gasteiger partial charge in [-0.2, -0.15) is 0 Å². The summed E-state index contributed by atoms with van der Waals surface area (Å²) in [7, 11) is 4.21. The van der Waals surface area contributed by atoms with Crippen LogP contribution in [-0.4, -0.2) is 14.1 Å². The fourth-order valence-electron chi connectivity index (χ4n) is 8.80. The highest BCUT2D eigenvalue weighted by Crippen LogP contribution is 2.58. The fourth-order valence-corrected chi connectivity index (χ4v) is 8.80. The molecule has 8 rings (SSSR count). The Kier molecular flexibility index (Phi) is 6.97. The number of fused-ring (bicyclic) bond motifs is 9. The lowest BCUT2D eigenvalue weighted by atomic mass is 9.57. The molecule has 0 N–H and O–H groups in total. The Labute approximate surface area is 262 Å². The Morgan fingerprint density at radius 1 is 0.795 bits per heavy atom. The second kappa shape index (κ2) is 11.1. The summed E-state index contributed by atoms with van der Waals surface area (Å²) in [5, 5.41) is 2.66. The van der Waals surface area contributed by atoms with E-state index in [-0.39, 0.29) is 11.5 Å². The smallest absolute Gasteiger partial charge is 0.146 e. The number of ether oxygens (including phenoxy) is 1. The minimum absolute atomic E-state index is 0.0776. The first-order valence-electron chi connectivity index (χ1n) is 16.8. The number of benzene rings is 4. The van der Waals surface area contributed by atoms with Crippen molar-refractivity contribution in [3.63, 3.8) is 0 Å². The lowest BCUT2D eigenvalue weighted by molar-refractivity contribution is 0.237. The van der Waals surface area contributed by atoms with Crippen LogP contribution in [0.1, 0.15) is 78.9 Å². The summed E-state index contributed by atoms with van der Waals surface area (Å²) in [6.07, 6.45) is 20.9. The molecule has 1 aliphatic heterocycles. The van der Waals surface area contributed by atoms with Crippen molar-refractivity contribution in [1.82, 2.24) is 0 Å². The molecule has 0 amide bonds. The van der Waals surface area contributed by atoms with E-state index in [1.807, 2.05) is 0 Å². The van der Waals surface area contributed by atoms with Gasteiger partial charge in [0, 0.05) is 42.1 Å². The van der Waals surface area contributed by atoms with Crippen molar-refractivity contribution in [2.45, 2.75) is 69.3 Å². The Morgan fingerprint density at radius 3 is 2.25 bits per heavy atom. The number of allylic oxidation sites excluding steroid dienone is 4. The summed E-state index contributed by atoms with van der Waals surface area (Å²) in [5.41, 5.74) is 11.4. The van der Waals surface area contributed by atoms with E-state index in [1.165, 1.54) is 83.7 Å². The number of nitrogens with zero attached hydrogens (tertiary/aromatic N) is 1. The zero-order valence-electron chi connectivity index (χ0n) is 26.2. The van der Waals surface area contributed by atoms with Crippen LogP contribution in [0.2, 0.25) is 0 Å². The minimum Gasteiger partial charge on any atom is -0.480 e. The monoisotopic (exact) mass is 577 g/mol. The molecule has 1 spiro atoms. The van der Waals surface area contributed by atoms with Crippen LogP contribution in [-0.2, 0) is 18.3 Å². The van der Waals surface area contributed by atoms with Crippen molar-refractivity contribution in [2.24, 2.45) is 5.92 Å². The number of anilines is 1. The van der Waals surface area contributed by atoms with Gasteiger partial charge in [0.05, 0.1) is 0 Å². The maximum atomic E-state index is 7.33. The van der Waals surface area contributed by atoms with Crippen molar-refractivity contribution in [2.75, 3.05) is 19.0 Å². The van der Waals surface area contributed by atoms with Gasteiger partial charge >= 0.3 is 0 Å². The van der Waals surface area contributed by atoms with Gasteiger partial charge in [0.2, 0.25) is 0 Å². The lowest BCUT2D eigenvalue weighted by Gasteiger charge is -2.47. The van der Waals surface area contributed by atoms with Crippen molar-refractivity contribution in [3.8, 4) is 5.75 Å². The van der Waals surface area contributed by atoms with Gasteiger partial charge in [-0.15, -0.1) is 0 Å². The summed E-state index contributed by atoms with van der Waals surface area (Å²) in [5.74, 6) is 1.61. The summed E-state index contributed by atoms with van der Waals surface area (Å²) < 4.78 is 7.33. The highest BCUT2D eigenvalue weighted by atomic mass is 16.5. The standard InChI is InChI=1S/C42H43NO/c1-43(2)33-22-20-29(21-23-33)26-32-28-37-39-36(27-31-16-13-19-38(31)42(39)24-11-4-3-5-12-25-42)34-17-9-10-18-35(34)41(37)44-40(32)30-14-7-6-8-15-30/h6-10,13-23,28,31,40H,3-5,11-12,24-27H2,1-2H3. The van der Waals surface area contributed by atoms with Gasteiger partial charge in [0.25, 0.3) is 0 Å². The molecule has 4 aromatic rings. The molecule has 2 unspecified atom stereocenters. The van der Waals surface area contributed by atoms with Crippen LogP contribution in [0.4, 0.5) is 5.69 Å². The molecule has 1 heterocycles. The second-order valence-corrected chi connectivity index (χ2v) is 13.7. The first-order chi connectivity index (χ1) is 21.6. The fraction of sp³-hybridized carbons (Fsp3) is 0.333. The Bertz CT molecular complexity index is 1780. The van der Waals surface area contributed by atoms with Crippen LogP contribution in [0, 0.1) is 5.92 Å². The highest BCUT2D eigenvalue weighted by Gasteiger charge is 2.47. The molecule has 4 aromatic carbocycles. The minimum atomic E-state index is -0.115. The molecule has 2 atom stereocenters. The van der Waals surface area contributed by atoms with Gasteiger partial charge < -0.3 is 9.64 Å². The Hall–Kier alpha value is -4.04. The van der Waals surface area contributed by atoms with Crippen LogP contribution >= 0.6 is 0 Å². The van der Waals surface area contributed by atoms with Gasteiger partial charge in [0.1, 0.15) is 11.9 Å². The first kappa shape index (κ1) is 27.5. The van der Waals surface area contributed by atoms with E-state index >= 15 is 0 Å². The molecule has 44 heavy (non-hydrogen) atoms. The van der Waals surface area contributed by atoms with Gasteiger partial charge in [-0.3, -0.25) is 0 Å². The van der Waals surface area contributed by atoms with Crippen LogP contribution in [0.5, 0.6) is 5.75 Å². The molecular formula is C42H43NO. The quantitative estimate of drug-likeness (QED) is 0.239. The molecule has 1 saturated carbocycles. The number of hydrogen-bond acceptors (Lipinski definition) is 2. The molecule has 1 fully saturated rings. The molecule has 2 nitrogen and oxygen atoms in total. The highest BCUT2D eigenvalue weighted by molar-refractivity contribution is 5.98. The van der Waals surface area contributed by atoms with E-state index in [2.05, 4.69) is 122 Å². The van der Waals surface area contributed by atoms with Crippen molar-refractivity contribution < 1.29 is 4.74 Å². The zero-order valence-corrected chi connectivity index (χ0v) is 26.2. The van der Waals surface area contributed by atoms with E-state index < -0.39 is 0 Å². The van der Waals surface area contributed by atoms with Crippen LogP contribution < -0.4 is 9.64 Å². The molecule has 0 radical (unpaired) electrons. The van der Waals surface area contributed by atoms with Crippen LogP contribution in [0.15, 0.2) is 108 Å². The van der Waals surface area contributed by atoms with Crippen LogP contribution in [0.3, 0.4) is 0 Å². The van der Waals surface area contributed by atoms with E-state index in [1.54, 1.807) is 16.7 Å². The topological polar surface area (TPSA) is 12.5 Å². The average Bonchev–Trinajstić information content (AvgIpc) is 3.52. The van der Waals surface area contributed by atoms with Crippen molar-refractivity contribution in [3.05, 3.63) is 136 Å². The molecule has 0 bridgehead atoms. The van der Waals surface area contributed by atoms with Gasteiger partial charge in [-0.1, -0.05) is 123 Å². The maximum absolute atomic E-state index is 7.33. The molecular weight excluding hydrogens is 534 g/mol. The van der Waals surface area contributed by atoms with E-state index in [0.717, 1.165) is 18.6 Å². The Morgan fingerprint density at radius 2 is 1.50 bits per heavy atom. The summed E-state index contributed by atoms with van der Waals surface area (Å²) in [6, 6.07) is 29.0.